The molecule has 1 fully saturated rings. The van der Waals surface area contributed by atoms with Gasteiger partial charge in [-0.1, -0.05) is 37.1 Å². The molecule has 0 bridgehead atoms. The van der Waals surface area contributed by atoms with E-state index in [-0.39, 0.29) is 5.91 Å². The lowest BCUT2D eigenvalue weighted by Gasteiger charge is -2.19. The van der Waals surface area contributed by atoms with E-state index in [4.69, 9.17) is 5.73 Å². The molecule has 2 rings (SSSR count). The fraction of sp³-hybridized carbons (Fsp3) is 0.611. The summed E-state index contributed by atoms with van der Waals surface area (Å²) in [4.78, 5) is 14.1. The van der Waals surface area contributed by atoms with Gasteiger partial charge >= 0.3 is 0 Å². The van der Waals surface area contributed by atoms with Gasteiger partial charge in [-0.2, -0.15) is 0 Å². The molecule has 1 aliphatic rings. The predicted octanol–water partition coefficient (Wildman–Crippen LogP) is 2.42. The molecule has 0 radical (unpaired) electrons. The molecule has 22 heavy (non-hydrogen) atoms. The van der Waals surface area contributed by atoms with E-state index in [9.17, 15) is 4.79 Å². The second-order valence-corrected chi connectivity index (χ2v) is 6.18. The molecule has 0 spiro atoms. The quantitative estimate of drug-likeness (QED) is 0.813. The Kier molecular flexibility index (Phi) is 7.40. The third-order valence-corrected chi connectivity index (χ3v) is 4.23. The van der Waals surface area contributed by atoms with Crippen molar-refractivity contribution in [3.8, 4) is 0 Å². The van der Waals surface area contributed by atoms with Gasteiger partial charge < -0.3 is 11.1 Å². The Morgan fingerprint density at radius 1 is 1.05 bits per heavy atom. The van der Waals surface area contributed by atoms with Crippen LogP contribution in [0.2, 0.25) is 0 Å². The predicted molar refractivity (Wildman–Crippen MR) is 90.3 cm³/mol. The van der Waals surface area contributed by atoms with Crippen molar-refractivity contribution in [2.75, 3.05) is 19.6 Å². The zero-order chi connectivity index (χ0) is 15.6. The summed E-state index contributed by atoms with van der Waals surface area (Å²) in [5.74, 6) is 0.0825. The molecule has 1 saturated heterocycles. The lowest BCUT2D eigenvalue weighted by molar-refractivity contribution is -0.121. The minimum absolute atomic E-state index is 0.0825. The Morgan fingerprint density at radius 2 is 1.68 bits per heavy atom. The average Bonchev–Trinajstić information content (AvgIpc) is 2.81. The number of carbonyl (C=O) groups is 1. The highest BCUT2D eigenvalue weighted by molar-refractivity contribution is 5.75. The van der Waals surface area contributed by atoms with E-state index in [1.54, 1.807) is 0 Å². The molecule has 0 unspecified atom stereocenters. The summed E-state index contributed by atoms with van der Waals surface area (Å²) in [5, 5.41) is 2.94. The van der Waals surface area contributed by atoms with Gasteiger partial charge in [0, 0.05) is 19.5 Å². The Balaban J connectivity index is 1.76. The van der Waals surface area contributed by atoms with Gasteiger partial charge in [0.15, 0.2) is 0 Å². The largest absolute Gasteiger partial charge is 0.352 e. The first-order valence-corrected chi connectivity index (χ1v) is 8.55. The zero-order valence-corrected chi connectivity index (χ0v) is 13.5. The van der Waals surface area contributed by atoms with Gasteiger partial charge in [-0.3, -0.25) is 9.69 Å². The van der Waals surface area contributed by atoms with Gasteiger partial charge in [0.2, 0.25) is 5.91 Å². The number of nitrogens with two attached hydrogens (primary N) is 1. The van der Waals surface area contributed by atoms with E-state index in [0.29, 0.717) is 19.5 Å². The van der Waals surface area contributed by atoms with Crippen molar-refractivity contribution < 1.29 is 4.79 Å². The smallest absolute Gasteiger partial charge is 0.220 e. The molecule has 1 aromatic rings. The molecule has 0 aromatic heterocycles. The second-order valence-electron chi connectivity index (χ2n) is 6.18. The van der Waals surface area contributed by atoms with E-state index in [2.05, 4.69) is 34.5 Å². The van der Waals surface area contributed by atoms with E-state index in [1.165, 1.54) is 44.3 Å². The molecule has 1 aliphatic heterocycles. The van der Waals surface area contributed by atoms with Gasteiger partial charge in [-0.15, -0.1) is 0 Å². The number of nitrogens with zero attached hydrogens (tertiary/aromatic N) is 1. The van der Waals surface area contributed by atoms with Crippen molar-refractivity contribution in [3.05, 3.63) is 35.4 Å². The van der Waals surface area contributed by atoms with Crippen molar-refractivity contribution in [2.24, 2.45) is 5.73 Å². The van der Waals surface area contributed by atoms with Crippen molar-refractivity contribution in [1.82, 2.24) is 10.2 Å². The van der Waals surface area contributed by atoms with Crippen LogP contribution in [0, 0.1) is 0 Å². The van der Waals surface area contributed by atoms with Gasteiger partial charge in [-0.25, -0.2) is 0 Å². The standard InChI is InChI=1S/C18H29N3O/c19-11-5-6-18(22)20-14-16-7-9-17(10-8-16)15-21-12-3-1-2-4-13-21/h7-10H,1-6,11-15,19H2,(H,20,22). The van der Waals surface area contributed by atoms with Crippen LogP contribution in [0.15, 0.2) is 24.3 Å². The lowest BCUT2D eigenvalue weighted by Crippen LogP contribution is -2.24. The van der Waals surface area contributed by atoms with Gasteiger partial charge in [0.25, 0.3) is 0 Å². The highest BCUT2D eigenvalue weighted by Gasteiger charge is 2.09. The third-order valence-electron chi connectivity index (χ3n) is 4.23. The molecule has 1 aromatic carbocycles. The van der Waals surface area contributed by atoms with Crippen molar-refractivity contribution in [3.63, 3.8) is 0 Å². The molecule has 4 nitrogen and oxygen atoms in total. The lowest BCUT2D eigenvalue weighted by atomic mass is 10.1. The average molecular weight is 303 g/mol. The van der Waals surface area contributed by atoms with Crippen LogP contribution in [0.4, 0.5) is 0 Å². The number of carbonyl (C=O) groups excluding carboxylic acids is 1. The van der Waals surface area contributed by atoms with Crippen LogP contribution in [-0.4, -0.2) is 30.4 Å². The maximum Gasteiger partial charge on any atom is 0.220 e. The van der Waals surface area contributed by atoms with E-state index >= 15 is 0 Å². The van der Waals surface area contributed by atoms with E-state index < -0.39 is 0 Å². The van der Waals surface area contributed by atoms with Crippen LogP contribution in [-0.2, 0) is 17.9 Å². The molecular weight excluding hydrogens is 274 g/mol. The molecule has 1 amide bonds. The molecule has 0 saturated carbocycles. The maximum absolute atomic E-state index is 11.6. The Bertz CT molecular complexity index is 436. The van der Waals surface area contributed by atoms with E-state index in [1.807, 2.05) is 0 Å². The summed E-state index contributed by atoms with van der Waals surface area (Å²) in [5.41, 5.74) is 7.92. The fourth-order valence-corrected chi connectivity index (χ4v) is 2.87. The fourth-order valence-electron chi connectivity index (χ4n) is 2.87. The Hall–Kier alpha value is -1.39. The van der Waals surface area contributed by atoms with Crippen LogP contribution >= 0.6 is 0 Å². The summed E-state index contributed by atoms with van der Waals surface area (Å²) < 4.78 is 0. The third kappa shape index (κ3) is 6.16. The first kappa shape index (κ1) is 17.0. The van der Waals surface area contributed by atoms with E-state index in [0.717, 1.165) is 18.5 Å². The molecule has 0 atom stereocenters. The highest BCUT2D eigenvalue weighted by Crippen LogP contribution is 2.13. The minimum Gasteiger partial charge on any atom is -0.352 e. The number of rotatable bonds is 7. The first-order chi connectivity index (χ1) is 10.8. The molecule has 4 heteroatoms. The monoisotopic (exact) mass is 303 g/mol. The molecule has 1 heterocycles. The minimum atomic E-state index is 0.0825. The molecule has 3 N–H and O–H groups in total. The summed E-state index contributed by atoms with van der Waals surface area (Å²) in [6, 6.07) is 8.62. The summed E-state index contributed by atoms with van der Waals surface area (Å²) in [7, 11) is 0. The van der Waals surface area contributed by atoms with Gasteiger partial charge in [0.05, 0.1) is 0 Å². The normalized spacial score (nSPS) is 16.2. The topological polar surface area (TPSA) is 58.4 Å². The number of hydrogen-bond donors (Lipinski definition) is 2. The molecular formula is C18H29N3O. The second kappa shape index (κ2) is 9.59. The van der Waals surface area contributed by atoms with Gasteiger partial charge in [0.1, 0.15) is 0 Å². The molecule has 122 valence electrons. The zero-order valence-electron chi connectivity index (χ0n) is 13.5. The van der Waals surface area contributed by atoms with Crippen LogP contribution in [0.25, 0.3) is 0 Å². The van der Waals surface area contributed by atoms with Gasteiger partial charge in [-0.05, 0) is 50.0 Å². The van der Waals surface area contributed by atoms with Crippen molar-refractivity contribution in [1.29, 1.82) is 0 Å². The number of hydrogen-bond acceptors (Lipinski definition) is 3. The number of likely N-dealkylation sites (tertiary alicyclic amines) is 1. The Labute approximate surface area is 134 Å². The van der Waals surface area contributed by atoms with Crippen molar-refractivity contribution in [2.45, 2.75) is 51.6 Å². The van der Waals surface area contributed by atoms with Crippen LogP contribution in [0.1, 0.15) is 49.7 Å². The maximum atomic E-state index is 11.6. The Morgan fingerprint density at radius 3 is 2.32 bits per heavy atom. The van der Waals surface area contributed by atoms with Crippen LogP contribution < -0.4 is 11.1 Å². The van der Waals surface area contributed by atoms with Crippen molar-refractivity contribution >= 4 is 5.91 Å². The SMILES string of the molecule is NCCCC(=O)NCc1ccc(CN2CCCCCC2)cc1. The molecule has 0 aliphatic carbocycles. The summed E-state index contributed by atoms with van der Waals surface area (Å²) in [6.45, 7) is 4.66. The van der Waals surface area contributed by atoms with Crippen LogP contribution in [0.5, 0.6) is 0 Å². The number of benzene rings is 1. The number of amides is 1. The van der Waals surface area contributed by atoms with Crippen LogP contribution in [0.3, 0.4) is 0 Å². The number of nitrogens with one attached hydrogen (secondary N) is 1. The highest BCUT2D eigenvalue weighted by atomic mass is 16.1. The summed E-state index contributed by atoms with van der Waals surface area (Å²) >= 11 is 0. The summed E-state index contributed by atoms with van der Waals surface area (Å²) in [6.07, 6.45) is 6.67. The first-order valence-electron chi connectivity index (χ1n) is 8.55.